The number of nitrogens with zero attached hydrogens (tertiary/aromatic N) is 2. The zero-order valence-corrected chi connectivity index (χ0v) is 12.7. The van der Waals surface area contributed by atoms with E-state index in [4.69, 9.17) is 16.3 Å². The number of hydrogen-bond acceptors (Lipinski definition) is 2. The average Bonchev–Trinajstić information content (AvgIpc) is 2.68. The van der Waals surface area contributed by atoms with Crippen molar-refractivity contribution < 1.29 is 4.74 Å². The van der Waals surface area contributed by atoms with Crippen LogP contribution in [0.15, 0.2) is 24.3 Å². The van der Waals surface area contributed by atoms with Gasteiger partial charge in [-0.25, -0.2) is 4.98 Å². The summed E-state index contributed by atoms with van der Waals surface area (Å²) in [5.74, 6) is 0.899. The van der Waals surface area contributed by atoms with Gasteiger partial charge in [0.15, 0.2) is 0 Å². The van der Waals surface area contributed by atoms with Crippen LogP contribution in [0, 0.1) is 0 Å². The molecule has 0 aliphatic rings. The standard InChI is InChI=1S/C15H21ClN2O/c1-5-19-15(3,4)10-18-13-9-7-6-8-12(13)17-14(18)11(2)16/h6-9,11H,5,10H2,1-4H3. The maximum atomic E-state index is 6.26. The molecule has 2 aromatic rings. The minimum absolute atomic E-state index is 0.121. The third-order valence-corrected chi connectivity index (χ3v) is 3.31. The number of halogens is 1. The molecule has 3 nitrogen and oxygen atoms in total. The summed E-state index contributed by atoms with van der Waals surface area (Å²) < 4.78 is 7.96. The summed E-state index contributed by atoms with van der Waals surface area (Å²) in [5, 5.41) is -0.121. The van der Waals surface area contributed by atoms with Gasteiger partial charge in [-0.3, -0.25) is 0 Å². The Balaban J connectivity index is 2.47. The number of ether oxygens (including phenoxy) is 1. The van der Waals surface area contributed by atoms with E-state index in [0.717, 1.165) is 23.4 Å². The summed E-state index contributed by atoms with van der Waals surface area (Å²) in [6.07, 6.45) is 0. The number of imidazole rings is 1. The van der Waals surface area contributed by atoms with Crippen LogP contribution in [0.3, 0.4) is 0 Å². The van der Waals surface area contributed by atoms with E-state index in [0.29, 0.717) is 6.61 Å². The van der Waals surface area contributed by atoms with Crippen LogP contribution in [0.1, 0.15) is 38.9 Å². The first kappa shape index (κ1) is 14.4. The molecule has 19 heavy (non-hydrogen) atoms. The Bertz CT molecular complexity index is 560. The van der Waals surface area contributed by atoms with Gasteiger partial charge in [-0.15, -0.1) is 11.6 Å². The minimum atomic E-state index is -0.237. The van der Waals surface area contributed by atoms with Crippen molar-refractivity contribution >= 4 is 22.6 Å². The van der Waals surface area contributed by atoms with Gasteiger partial charge in [0.25, 0.3) is 0 Å². The van der Waals surface area contributed by atoms with E-state index in [-0.39, 0.29) is 11.0 Å². The van der Waals surface area contributed by atoms with Gasteiger partial charge >= 0.3 is 0 Å². The normalized spacial score (nSPS) is 13.9. The van der Waals surface area contributed by atoms with Crippen LogP contribution in [0.25, 0.3) is 11.0 Å². The molecule has 0 bridgehead atoms. The first-order valence-electron chi connectivity index (χ1n) is 6.68. The predicted octanol–water partition coefficient (Wildman–Crippen LogP) is 4.15. The molecule has 1 aromatic heterocycles. The van der Waals surface area contributed by atoms with Crippen molar-refractivity contribution in [1.82, 2.24) is 9.55 Å². The van der Waals surface area contributed by atoms with Crippen LogP contribution in [-0.2, 0) is 11.3 Å². The Morgan fingerprint density at radius 2 is 2.05 bits per heavy atom. The summed E-state index contributed by atoms with van der Waals surface area (Å²) in [6.45, 7) is 9.59. The predicted molar refractivity (Wildman–Crippen MR) is 79.7 cm³/mol. The summed E-state index contributed by atoms with van der Waals surface area (Å²) in [5.41, 5.74) is 1.86. The van der Waals surface area contributed by atoms with E-state index in [1.807, 2.05) is 32.0 Å². The SMILES string of the molecule is CCOC(C)(C)Cn1c(C(C)Cl)nc2ccccc21. The molecule has 0 aliphatic carbocycles. The Labute approximate surface area is 119 Å². The van der Waals surface area contributed by atoms with Gasteiger partial charge in [0.1, 0.15) is 5.82 Å². The number of aromatic nitrogens is 2. The zero-order valence-electron chi connectivity index (χ0n) is 12.0. The summed E-state index contributed by atoms with van der Waals surface area (Å²) >= 11 is 6.26. The smallest absolute Gasteiger partial charge is 0.127 e. The van der Waals surface area contributed by atoms with Crippen molar-refractivity contribution in [3.63, 3.8) is 0 Å². The van der Waals surface area contributed by atoms with Gasteiger partial charge in [-0.1, -0.05) is 12.1 Å². The van der Waals surface area contributed by atoms with Crippen molar-refractivity contribution in [3.8, 4) is 0 Å². The topological polar surface area (TPSA) is 27.1 Å². The number of hydrogen-bond donors (Lipinski definition) is 0. The van der Waals surface area contributed by atoms with Gasteiger partial charge in [-0.2, -0.15) is 0 Å². The highest BCUT2D eigenvalue weighted by atomic mass is 35.5. The monoisotopic (exact) mass is 280 g/mol. The maximum absolute atomic E-state index is 6.26. The maximum Gasteiger partial charge on any atom is 0.127 e. The first-order chi connectivity index (χ1) is 8.94. The molecular weight excluding hydrogens is 260 g/mol. The fraction of sp³-hybridized carbons (Fsp3) is 0.533. The highest BCUT2D eigenvalue weighted by Gasteiger charge is 2.23. The fourth-order valence-electron chi connectivity index (χ4n) is 2.38. The third kappa shape index (κ3) is 3.10. The van der Waals surface area contributed by atoms with E-state index in [1.165, 1.54) is 0 Å². The summed E-state index contributed by atoms with van der Waals surface area (Å²) in [4.78, 5) is 4.63. The summed E-state index contributed by atoms with van der Waals surface area (Å²) in [7, 11) is 0. The van der Waals surface area contributed by atoms with E-state index in [1.54, 1.807) is 0 Å². The van der Waals surface area contributed by atoms with Crippen LogP contribution in [0.5, 0.6) is 0 Å². The molecule has 0 saturated carbocycles. The van der Waals surface area contributed by atoms with E-state index >= 15 is 0 Å². The van der Waals surface area contributed by atoms with Gasteiger partial charge in [0, 0.05) is 6.61 Å². The molecule has 0 aliphatic heterocycles. The lowest BCUT2D eigenvalue weighted by molar-refractivity contribution is -0.0221. The molecule has 0 amide bonds. The molecule has 104 valence electrons. The van der Waals surface area contributed by atoms with Gasteiger partial charge < -0.3 is 9.30 Å². The van der Waals surface area contributed by atoms with E-state index in [2.05, 4.69) is 29.5 Å². The fourth-order valence-corrected chi connectivity index (χ4v) is 2.55. The van der Waals surface area contributed by atoms with Crippen molar-refractivity contribution in [2.24, 2.45) is 0 Å². The first-order valence-corrected chi connectivity index (χ1v) is 7.11. The second-order valence-electron chi connectivity index (χ2n) is 5.35. The van der Waals surface area contributed by atoms with Crippen LogP contribution >= 0.6 is 11.6 Å². The van der Waals surface area contributed by atoms with Crippen LogP contribution in [0.2, 0.25) is 0 Å². The van der Waals surface area contributed by atoms with E-state index < -0.39 is 0 Å². The van der Waals surface area contributed by atoms with Crippen LogP contribution < -0.4 is 0 Å². The minimum Gasteiger partial charge on any atom is -0.374 e. The second-order valence-corrected chi connectivity index (χ2v) is 6.01. The van der Waals surface area contributed by atoms with Crippen molar-refractivity contribution in [2.75, 3.05) is 6.61 Å². The Morgan fingerprint density at radius 1 is 1.37 bits per heavy atom. The molecule has 0 saturated heterocycles. The number of benzene rings is 1. The molecule has 0 radical (unpaired) electrons. The molecule has 0 spiro atoms. The second kappa shape index (κ2) is 5.51. The Morgan fingerprint density at radius 3 is 2.68 bits per heavy atom. The molecule has 0 N–H and O–H groups in total. The molecule has 1 aromatic carbocycles. The molecular formula is C15H21ClN2O. The van der Waals surface area contributed by atoms with Crippen molar-refractivity contribution in [3.05, 3.63) is 30.1 Å². The van der Waals surface area contributed by atoms with Gasteiger partial charge in [-0.05, 0) is 39.8 Å². The molecule has 1 heterocycles. The molecule has 1 atom stereocenters. The zero-order chi connectivity index (χ0) is 14.0. The molecule has 1 unspecified atom stereocenters. The highest BCUT2D eigenvalue weighted by Crippen LogP contribution is 2.27. The van der Waals surface area contributed by atoms with Crippen LogP contribution in [0.4, 0.5) is 0 Å². The molecule has 0 fully saturated rings. The number of para-hydroxylation sites is 2. The quantitative estimate of drug-likeness (QED) is 0.769. The van der Waals surface area contributed by atoms with Crippen LogP contribution in [-0.4, -0.2) is 21.8 Å². The van der Waals surface area contributed by atoms with Gasteiger partial charge in [0.2, 0.25) is 0 Å². The highest BCUT2D eigenvalue weighted by molar-refractivity contribution is 6.20. The third-order valence-electron chi connectivity index (χ3n) is 3.11. The van der Waals surface area contributed by atoms with Crippen molar-refractivity contribution in [1.29, 1.82) is 0 Å². The lowest BCUT2D eigenvalue weighted by Gasteiger charge is -2.26. The Kier molecular flexibility index (Phi) is 4.16. The largest absolute Gasteiger partial charge is 0.374 e. The van der Waals surface area contributed by atoms with Crippen molar-refractivity contribution in [2.45, 2.75) is 45.2 Å². The number of fused-ring (bicyclic) bond motifs is 1. The van der Waals surface area contributed by atoms with E-state index in [9.17, 15) is 0 Å². The summed E-state index contributed by atoms with van der Waals surface area (Å²) in [6, 6.07) is 8.11. The molecule has 2 rings (SSSR count). The molecule has 4 heteroatoms. The average molecular weight is 281 g/mol. The lowest BCUT2D eigenvalue weighted by Crippen LogP contribution is -2.31. The Hall–Kier alpha value is -1.06. The van der Waals surface area contributed by atoms with Gasteiger partial charge in [0.05, 0.1) is 28.6 Å². The lowest BCUT2D eigenvalue weighted by atomic mass is 10.1. The number of alkyl halides is 1. The number of rotatable bonds is 5.